The van der Waals surface area contributed by atoms with Crippen molar-refractivity contribution in [3.05, 3.63) is 35.9 Å². The smallest absolute Gasteiger partial charge is 0.0944 e. The molecule has 3 heteroatoms. The lowest BCUT2D eigenvalue weighted by Gasteiger charge is -2.15. The molecular formula is C13H21NOS. The molecule has 2 nitrogen and oxygen atoms in total. The molecule has 0 saturated carbocycles. The standard InChI is InChI=1S/C13H21NOS/c1-2-6-13(15-11-14)10-16-9-12-7-4-3-5-8-12/h3-5,7-8,13H,2,6,9-11,14H2,1H3. The van der Waals surface area contributed by atoms with Crippen LogP contribution in [-0.4, -0.2) is 18.6 Å². The maximum Gasteiger partial charge on any atom is 0.0944 e. The summed E-state index contributed by atoms with van der Waals surface area (Å²) < 4.78 is 5.48. The first-order valence-electron chi connectivity index (χ1n) is 5.80. The van der Waals surface area contributed by atoms with Crippen molar-refractivity contribution in [1.29, 1.82) is 0 Å². The maximum atomic E-state index is 5.48. The quantitative estimate of drug-likeness (QED) is 0.708. The van der Waals surface area contributed by atoms with Gasteiger partial charge in [-0.3, -0.25) is 0 Å². The van der Waals surface area contributed by atoms with E-state index in [-0.39, 0.29) is 0 Å². The molecule has 0 radical (unpaired) electrons. The fourth-order valence-corrected chi connectivity index (χ4v) is 2.63. The van der Waals surface area contributed by atoms with Gasteiger partial charge in [-0.05, 0) is 12.0 Å². The van der Waals surface area contributed by atoms with Crippen LogP contribution >= 0.6 is 11.8 Å². The van der Waals surface area contributed by atoms with Gasteiger partial charge in [0.05, 0.1) is 12.8 Å². The Kier molecular flexibility index (Phi) is 7.30. The highest BCUT2D eigenvalue weighted by atomic mass is 32.2. The van der Waals surface area contributed by atoms with Gasteiger partial charge in [-0.15, -0.1) is 0 Å². The van der Waals surface area contributed by atoms with Crippen LogP contribution in [0.2, 0.25) is 0 Å². The van der Waals surface area contributed by atoms with Crippen LogP contribution in [0, 0.1) is 0 Å². The number of hydrogen-bond donors (Lipinski definition) is 1. The molecule has 0 saturated heterocycles. The Hall–Kier alpha value is -0.510. The Balaban J connectivity index is 2.22. The van der Waals surface area contributed by atoms with Gasteiger partial charge in [0, 0.05) is 11.5 Å². The lowest BCUT2D eigenvalue weighted by atomic mass is 10.2. The van der Waals surface area contributed by atoms with Crippen LogP contribution < -0.4 is 5.73 Å². The molecular weight excluding hydrogens is 218 g/mol. The van der Waals surface area contributed by atoms with E-state index in [0.717, 1.165) is 24.3 Å². The third-order valence-corrected chi connectivity index (χ3v) is 3.50. The van der Waals surface area contributed by atoms with Gasteiger partial charge in [-0.1, -0.05) is 43.7 Å². The molecule has 1 atom stereocenters. The topological polar surface area (TPSA) is 35.2 Å². The van der Waals surface area contributed by atoms with Crippen LogP contribution in [0.5, 0.6) is 0 Å². The third kappa shape index (κ3) is 5.54. The maximum absolute atomic E-state index is 5.48. The predicted octanol–water partition coefficient (Wildman–Crippen LogP) is 3.02. The normalized spacial score (nSPS) is 12.6. The van der Waals surface area contributed by atoms with Crippen molar-refractivity contribution in [2.24, 2.45) is 5.73 Å². The largest absolute Gasteiger partial charge is 0.362 e. The Labute approximate surface area is 103 Å². The number of thioether (sulfide) groups is 1. The number of hydrogen-bond acceptors (Lipinski definition) is 3. The Morgan fingerprint density at radius 1 is 1.31 bits per heavy atom. The second-order valence-electron chi connectivity index (χ2n) is 3.74. The summed E-state index contributed by atoms with van der Waals surface area (Å²) >= 11 is 1.91. The molecule has 1 aromatic carbocycles. The molecule has 16 heavy (non-hydrogen) atoms. The zero-order valence-electron chi connectivity index (χ0n) is 9.89. The third-order valence-electron chi connectivity index (χ3n) is 2.36. The fraction of sp³-hybridized carbons (Fsp3) is 0.538. The number of benzene rings is 1. The molecule has 0 spiro atoms. The van der Waals surface area contributed by atoms with E-state index in [1.807, 2.05) is 17.8 Å². The monoisotopic (exact) mass is 239 g/mol. The van der Waals surface area contributed by atoms with E-state index in [1.54, 1.807) is 0 Å². The predicted molar refractivity (Wildman–Crippen MR) is 71.4 cm³/mol. The average molecular weight is 239 g/mol. The molecule has 1 unspecified atom stereocenters. The molecule has 1 rings (SSSR count). The molecule has 90 valence electrons. The summed E-state index contributed by atoms with van der Waals surface area (Å²) in [6, 6.07) is 10.5. The molecule has 0 aromatic heterocycles. The Morgan fingerprint density at radius 2 is 2.06 bits per heavy atom. The van der Waals surface area contributed by atoms with E-state index in [9.17, 15) is 0 Å². The van der Waals surface area contributed by atoms with Gasteiger partial charge in [0.2, 0.25) is 0 Å². The Morgan fingerprint density at radius 3 is 2.69 bits per heavy atom. The van der Waals surface area contributed by atoms with Crippen molar-refractivity contribution in [1.82, 2.24) is 0 Å². The van der Waals surface area contributed by atoms with Crippen molar-refractivity contribution in [3.8, 4) is 0 Å². The number of rotatable bonds is 8. The first-order chi connectivity index (χ1) is 7.86. The summed E-state index contributed by atoms with van der Waals surface area (Å²) in [7, 11) is 0. The van der Waals surface area contributed by atoms with Gasteiger partial charge < -0.3 is 10.5 Å². The molecule has 0 aliphatic heterocycles. The molecule has 0 aliphatic carbocycles. The minimum Gasteiger partial charge on any atom is -0.362 e. The van der Waals surface area contributed by atoms with Crippen molar-refractivity contribution < 1.29 is 4.74 Å². The highest BCUT2D eigenvalue weighted by Gasteiger charge is 2.07. The first-order valence-corrected chi connectivity index (χ1v) is 6.95. The van der Waals surface area contributed by atoms with Gasteiger partial charge in [-0.25, -0.2) is 0 Å². The molecule has 0 amide bonds. The fourth-order valence-electron chi connectivity index (χ4n) is 1.56. The van der Waals surface area contributed by atoms with E-state index in [0.29, 0.717) is 12.8 Å². The van der Waals surface area contributed by atoms with Crippen LogP contribution in [0.1, 0.15) is 25.3 Å². The second kappa shape index (κ2) is 8.62. The summed E-state index contributed by atoms with van der Waals surface area (Å²) in [5.41, 5.74) is 6.78. The van der Waals surface area contributed by atoms with Crippen molar-refractivity contribution in [3.63, 3.8) is 0 Å². The first kappa shape index (κ1) is 13.6. The number of ether oxygens (including phenoxy) is 1. The number of nitrogens with two attached hydrogens (primary N) is 1. The highest BCUT2D eigenvalue weighted by molar-refractivity contribution is 7.98. The zero-order valence-corrected chi connectivity index (χ0v) is 10.7. The van der Waals surface area contributed by atoms with Gasteiger partial charge >= 0.3 is 0 Å². The summed E-state index contributed by atoms with van der Waals surface area (Å²) in [5, 5.41) is 0. The lowest BCUT2D eigenvalue weighted by Crippen LogP contribution is -2.20. The summed E-state index contributed by atoms with van der Waals surface area (Å²) in [6.07, 6.45) is 2.55. The lowest BCUT2D eigenvalue weighted by molar-refractivity contribution is 0.0680. The van der Waals surface area contributed by atoms with E-state index >= 15 is 0 Å². The molecule has 0 aliphatic rings. The van der Waals surface area contributed by atoms with Crippen LogP contribution in [0.4, 0.5) is 0 Å². The van der Waals surface area contributed by atoms with Crippen LogP contribution in [0.25, 0.3) is 0 Å². The van der Waals surface area contributed by atoms with E-state index in [1.165, 1.54) is 5.56 Å². The summed E-state index contributed by atoms with van der Waals surface area (Å²) in [5.74, 6) is 2.08. The zero-order chi connectivity index (χ0) is 11.6. The Bertz CT molecular complexity index is 260. The van der Waals surface area contributed by atoms with Crippen LogP contribution in [-0.2, 0) is 10.5 Å². The van der Waals surface area contributed by atoms with Crippen molar-refractivity contribution >= 4 is 11.8 Å². The molecule has 2 N–H and O–H groups in total. The van der Waals surface area contributed by atoms with Gasteiger partial charge in [0.15, 0.2) is 0 Å². The van der Waals surface area contributed by atoms with Gasteiger partial charge in [0.25, 0.3) is 0 Å². The summed E-state index contributed by atoms with van der Waals surface area (Å²) in [4.78, 5) is 0. The SMILES string of the molecule is CCCC(CSCc1ccccc1)OCN. The van der Waals surface area contributed by atoms with Crippen LogP contribution in [0.15, 0.2) is 30.3 Å². The molecule has 0 fully saturated rings. The summed E-state index contributed by atoms with van der Waals surface area (Å²) in [6.45, 7) is 2.51. The minimum absolute atomic E-state index is 0.309. The minimum atomic E-state index is 0.309. The van der Waals surface area contributed by atoms with Crippen molar-refractivity contribution in [2.75, 3.05) is 12.5 Å². The van der Waals surface area contributed by atoms with Gasteiger partial charge in [-0.2, -0.15) is 11.8 Å². The van der Waals surface area contributed by atoms with Gasteiger partial charge in [0.1, 0.15) is 0 Å². The van der Waals surface area contributed by atoms with Crippen molar-refractivity contribution in [2.45, 2.75) is 31.6 Å². The van der Waals surface area contributed by atoms with Crippen LogP contribution in [0.3, 0.4) is 0 Å². The van der Waals surface area contributed by atoms with E-state index in [2.05, 4.69) is 31.2 Å². The molecule has 0 bridgehead atoms. The van der Waals surface area contributed by atoms with E-state index < -0.39 is 0 Å². The highest BCUT2D eigenvalue weighted by Crippen LogP contribution is 2.16. The van der Waals surface area contributed by atoms with E-state index in [4.69, 9.17) is 10.5 Å². The molecule has 1 aromatic rings. The average Bonchev–Trinajstić information content (AvgIpc) is 2.31. The molecule has 0 heterocycles. The second-order valence-corrected chi connectivity index (χ2v) is 4.78.